The van der Waals surface area contributed by atoms with Gasteiger partial charge >= 0.3 is 23.9 Å². The minimum Gasteiger partial charge on any atom is -0.468 e. The first-order valence-electron chi connectivity index (χ1n) is 11.5. The van der Waals surface area contributed by atoms with Gasteiger partial charge in [0, 0.05) is 92.3 Å². The van der Waals surface area contributed by atoms with E-state index in [9.17, 15) is 19.2 Å². The summed E-state index contributed by atoms with van der Waals surface area (Å²) in [5.41, 5.74) is 0. The second kappa shape index (κ2) is 19.2. The molecule has 1 atom stereocenters. The van der Waals surface area contributed by atoms with Crippen molar-refractivity contribution in [2.75, 3.05) is 100 Å². The average molecular weight is 646 g/mol. The fraction of sp³-hybridized carbons (Fsp3) is 0.818. The van der Waals surface area contributed by atoms with Crippen LogP contribution in [0.15, 0.2) is 0 Å². The minimum absolute atomic E-state index is 0. The van der Waals surface area contributed by atoms with Gasteiger partial charge in [-0.3, -0.25) is 38.8 Å². The average Bonchev–Trinajstić information content (AvgIpc) is 2.84. The Morgan fingerprint density at radius 2 is 0.914 bits per heavy atom. The molecule has 0 amide bonds. The number of hydrogen-bond donors (Lipinski definition) is 0. The molecule has 35 heavy (non-hydrogen) atoms. The minimum atomic E-state index is -0.441. The van der Waals surface area contributed by atoms with Crippen LogP contribution in [0.1, 0.15) is 13.3 Å². The molecule has 0 bridgehead atoms. The maximum Gasteiger partial charge on any atom is 0.323 e. The van der Waals surface area contributed by atoms with Crippen molar-refractivity contribution in [2.24, 2.45) is 0 Å². The van der Waals surface area contributed by atoms with E-state index < -0.39 is 6.04 Å². The summed E-state index contributed by atoms with van der Waals surface area (Å²) in [6.07, 6.45) is 0.563. The SMILES string of the molecule is CC[C@H](C(=O)OC)N1CCN(CC(=O)OC)CCN(CC(=O)OC)CCN(CC(=O)OC)CC1.[Gd]. The molecule has 0 unspecified atom stereocenters. The topological polar surface area (TPSA) is 118 Å². The van der Waals surface area contributed by atoms with Crippen LogP contribution in [-0.2, 0) is 38.1 Å². The molecule has 0 radical (unpaired) electrons. The van der Waals surface area contributed by atoms with Gasteiger partial charge in [-0.15, -0.1) is 0 Å². The predicted octanol–water partition coefficient (Wildman–Crippen LogP) is -1.32. The van der Waals surface area contributed by atoms with Crippen LogP contribution in [0.3, 0.4) is 0 Å². The number of methoxy groups -OCH3 is 4. The van der Waals surface area contributed by atoms with E-state index in [2.05, 4.69) is 0 Å². The molecule has 0 aromatic rings. The van der Waals surface area contributed by atoms with Gasteiger partial charge in [-0.1, -0.05) is 6.92 Å². The molecule has 0 spiro atoms. The molecule has 0 aliphatic carbocycles. The van der Waals surface area contributed by atoms with Crippen molar-refractivity contribution in [1.82, 2.24) is 19.6 Å². The Bertz CT molecular complexity index is 635. The van der Waals surface area contributed by atoms with Gasteiger partial charge in [-0.2, -0.15) is 0 Å². The first kappa shape index (κ1) is 34.0. The molecular formula is C22H40GdN4O8. The molecule has 0 aromatic heterocycles. The van der Waals surface area contributed by atoms with Crippen molar-refractivity contribution in [1.29, 1.82) is 0 Å². The smallest absolute Gasteiger partial charge is 0.323 e. The van der Waals surface area contributed by atoms with Crippen LogP contribution in [0.25, 0.3) is 0 Å². The third kappa shape index (κ3) is 13.2. The Hall–Kier alpha value is -0.955. The van der Waals surface area contributed by atoms with E-state index in [1.54, 1.807) is 0 Å². The third-order valence-electron chi connectivity index (χ3n) is 5.91. The third-order valence-corrected chi connectivity index (χ3v) is 5.91. The van der Waals surface area contributed by atoms with Crippen molar-refractivity contribution < 1.29 is 78.1 Å². The van der Waals surface area contributed by atoms with Gasteiger partial charge in [-0.25, -0.2) is 0 Å². The molecule has 204 valence electrons. The first-order chi connectivity index (χ1) is 16.3. The summed E-state index contributed by atoms with van der Waals surface area (Å²) in [5, 5.41) is 0. The van der Waals surface area contributed by atoms with Gasteiger partial charge < -0.3 is 18.9 Å². The fourth-order valence-corrected chi connectivity index (χ4v) is 3.79. The number of ether oxygens (including phenoxy) is 4. The zero-order valence-electron chi connectivity index (χ0n) is 21.5. The largest absolute Gasteiger partial charge is 0.468 e. The summed E-state index contributed by atoms with van der Waals surface area (Å²) < 4.78 is 19.5. The number of carbonyl (C=O) groups is 4. The van der Waals surface area contributed by atoms with Gasteiger partial charge in [0.25, 0.3) is 0 Å². The Morgan fingerprint density at radius 1 is 0.600 bits per heavy atom. The van der Waals surface area contributed by atoms with E-state index in [1.165, 1.54) is 28.4 Å². The second-order valence-electron chi connectivity index (χ2n) is 8.04. The molecule has 0 saturated carbocycles. The van der Waals surface area contributed by atoms with Crippen LogP contribution in [0.5, 0.6) is 0 Å². The summed E-state index contributed by atoms with van der Waals surface area (Å²) in [6.45, 7) is 6.26. The summed E-state index contributed by atoms with van der Waals surface area (Å²) in [4.78, 5) is 56.1. The molecule has 1 saturated heterocycles. The zero-order valence-corrected chi connectivity index (χ0v) is 23.7. The van der Waals surface area contributed by atoms with Crippen LogP contribution in [0.2, 0.25) is 0 Å². The normalized spacial score (nSPS) is 18.2. The number of rotatable bonds is 9. The van der Waals surface area contributed by atoms with E-state index in [4.69, 9.17) is 18.9 Å². The molecule has 13 heteroatoms. The van der Waals surface area contributed by atoms with Gasteiger partial charge in [0.15, 0.2) is 0 Å². The van der Waals surface area contributed by atoms with Crippen LogP contribution in [0.4, 0.5) is 0 Å². The number of hydrogen-bond acceptors (Lipinski definition) is 12. The fourth-order valence-electron chi connectivity index (χ4n) is 3.79. The summed E-state index contributed by atoms with van der Waals surface area (Å²) in [5.74, 6) is -1.40. The number of carbonyl (C=O) groups excluding carboxylic acids is 4. The van der Waals surface area contributed by atoms with E-state index in [1.807, 2.05) is 26.5 Å². The van der Waals surface area contributed by atoms with Crippen molar-refractivity contribution in [2.45, 2.75) is 19.4 Å². The van der Waals surface area contributed by atoms with E-state index in [0.717, 1.165) is 0 Å². The van der Waals surface area contributed by atoms with Crippen LogP contribution in [0, 0.1) is 39.9 Å². The molecule has 0 aromatic carbocycles. The molecule has 1 aliphatic rings. The molecular weight excluding hydrogens is 606 g/mol. The maximum absolute atomic E-state index is 12.4. The van der Waals surface area contributed by atoms with E-state index in [0.29, 0.717) is 58.8 Å². The zero-order chi connectivity index (χ0) is 25.5. The summed E-state index contributed by atoms with van der Waals surface area (Å²) in [7, 11) is 5.39. The molecule has 0 N–H and O–H groups in total. The molecule has 1 aliphatic heterocycles. The molecule has 1 rings (SSSR count). The van der Waals surface area contributed by atoms with Crippen molar-refractivity contribution >= 4 is 23.9 Å². The van der Waals surface area contributed by atoms with E-state index >= 15 is 0 Å². The summed E-state index contributed by atoms with van der Waals surface area (Å²) >= 11 is 0. The number of nitrogens with zero attached hydrogens (tertiary/aromatic N) is 4. The molecule has 12 nitrogen and oxygen atoms in total. The first-order valence-corrected chi connectivity index (χ1v) is 11.5. The Balaban J connectivity index is 0.0000116. The molecule has 1 heterocycles. The monoisotopic (exact) mass is 646 g/mol. The van der Waals surface area contributed by atoms with Crippen molar-refractivity contribution in [3.8, 4) is 0 Å². The Kier molecular flexibility index (Phi) is 18.7. The van der Waals surface area contributed by atoms with E-state index in [-0.39, 0.29) is 83.5 Å². The maximum atomic E-state index is 12.4. The second-order valence-corrected chi connectivity index (χ2v) is 8.04. The van der Waals surface area contributed by atoms with Gasteiger partial charge in [0.1, 0.15) is 6.04 Å². The predicted molar refractivity (Wildman–Crippen MR) is 123 cm³/mol. The Labute approximate surface area is 240 Å². The van der Waals surface area contributed by atoms with Crippen molar-refractivity contribution in [3.63, 3.8) is 0 Å². The van der Waals surface area contributed by atoms with Crippen molar-refractivity contribution in [3.05, 3.63) is 0 Å². The summed E-state index contributed by atoms with van der Waals surface area (Å²) in [6, 6.07) is -0.441. The van der Waals surface area contributed by atoms with Gasteiger partial charge in [0.05, 0.1) is 48.1 Å². The van der Waals surface area contributed by atoms with Crippen LogP contribution in [-0.4, -0.2) is 150 Å². The Morgan fingerprint density at radius 3 is 1.17 bits per heavy atom. The quantitative estimate of drug-likeness (QED) is 0.219. The van der Waals surface area contributed by atoms with Gasteiger partial charge in [0.2, 0.25) is 0 Å². The standard InChI is InChI=1S/C22H40N4O8.Gd/c1-6-18(22(30)34-5)26-13-11-24(16-20(28)32-3)9-7-23(15-19(27)31-2)8-10-25(12-14-26)17-21(29)33-4;/h18H,6-17H2,1-5H3;/t18-;/m1./s1. The van der Waals surface area contributed by atoms with Crippen LogP contribution >= 0.6 is 0 Å². The van der Waals surface area contributed by atoms with Gasteiger partial charge in [-0.05, 0) is 6.42 Å². The number of esters is 4. The van der Waals surface area contributed by atoms with Crippen LogP contribution < -0.4 is 0 Å². The molecule has 1 fully saturated rings.